The number of rotatable bonds is 6. The molecule has 0 spiro atoms. The summed E-state index contributed by atoms with van der Waals surface area (Å²) in [7, 11) is 0. The number of nitrogens with zero attached hydrogens (tertiary/aromatic N) is 3. The molecule has 1 aromatic carbocycles. The summed E-state index contributed by atoms with van der Waals surface area (Å²) in [5, 5.41) is 6.09. The predicted octanol–water partition coefficient (Wildman–Crippen LogP) is 4.21. The molecule has 0 saturated heterocycles. The lowest BCUT2D eigenvalue weighted by Gasteiger charge is -2.24. The zero-order valence-electron chi connectivity index (χ0n) is 12.8. The number of aromatic nitrogens is 2. The smallest absolute Gasteiger partial charge is 0.241 e. The van der Waals surface area contributed by atoms with Gasteiger partial charge >= 0.3 is 0 Å². The molecule has 114 valence electrons. The SMILES string of the molecule is CC(C)N(Cc1ccccc1)Cc1nc(-c2cccs2)no1. The van der Waals surface area contributed by atoms with E-state index >= 15 is 0 Å². The summed E-state index contributed by atoms with van der Waals surface area (Å²) < 4.78 is 5.41. The molecule has 0 radical (unpaired) electrons. The van der Waals surface area contributed by atoms with Gasteiger partial charge in [-0.3, -0.25) is 4.90 Å². The third-order valence-corrected chi connectivity index (χ3v) is 4.37. The van der Waals surface area contributed by atoms with Crippen LogP contribution in [0, 0.1) is 0 Å². The predicted molar refractivity (Wildman–Crippen MR) is 88.4 cm³/mol. The van der Waals surface area contributed by atoms with Gasteiger partial charge in [-0.2, -0.15) is 4.98 Å². The highest BCUT2D eigenvalue weighted by Crippen LogP contribution is 2.22. The first-order chi connectivity index (χ1) is 10.7. The summed E-state index contributed by atoms with van der Waals surface area (Å²) >= 11 is 1.62. The number of hydrogen-bond acceptors (Lipinski definition) is 5. The molecule has 0 aliphatic heterocycles. The standard InChI is InChI=1S/C17H19N3OS/c1-13(2)20(11-14-7-4-3-5-8-14)12-16-18-17(19-21-16)15-9-6-10-22-15/h3-10,13H,11-12H2,1-2H3. The van der Waals surface area contributed by atoms with Gasteiger partial charge in [-0.15, -0.1) is 11.3 Å². The van der Waals surface area contributed by atoms with Crippen molar-refractivity contribution < 1.29 is 4.52 Å². The molecule has 0 unspecified atom stereocenters. The van der Waals surface area contributed by atoms with Crippen molar-refractivity contribution in [2.45, 2.75) is 33.0 Å². The third-order valence-electron chi connectivity index (χ3n) is 3.51. The van der Waals surface area contributed by atoms with Gasteiger partial charge in [0.25, 0.3) is 0 Å². The lowest BCUT2D eigenvalue weighted by atomic mass is 10.2. The molecule has 0 saturated carbocycles. The van der Waals surface area contributed by atoms with E-state index in [1.807, 2.05) is 23.6 Å². The maximum atomic E-state index is 5.41. The van der Waals surface area contributed by atoms with Crippen molar-refractivity contribution in [3.8, 4) is 10.7 Å². The van der Waals surface area contributed by atoms with E-state index in [0.717, 1.165) is 11.4 Å². The van der Waals surface area contributed by atoms with Crippen molar-refractivity contribution in [3.63, 3.8) is 0 Å². The van der Waals surface area contributed by atoms with Crippen LogP contribution in [0.4, 0.5) is 0 Å². The molecule has 0 bridgehead atoms. The molecule has 2 aromatic heterocycles. The van der Waals surface area contributed by atoms with E-state index < -0.39 is 0 Å². The van der Waals surface area contributed by atoms with Crippen LogP contribution < -0.4 is 0 Å². The number of hydrogen-bond donors (Lipinski definition) is 0. The van der Waals surface area contributed by atoms with Crippen molar-refractivity contribution in [1.29, 1.82) is 0 Å². The van der Waals surface area contributed by atoms with E-state index in [1.54, 1.807) is 11.3 Å². The molecule has 0 atom stereocenters. The fourth-order valence-corrected chi connectivity index (χ4v) is 2.89. The minimum absolute atomic E-state index is 0.400. The molecule has 0 aliphatic rings. The van der Waals surface area contributed by atoms with E-state index in [1.165, 1.54) is 5.56 Å². The third kappa shape index (κ3) is 3.61. The van der Waals surface area contributed by atoms with Crippen molar-refractivity contribution in [1.82, 2.24) is 15.0 Å². The average Bonchev–Trinajstić information content (AvgIpc) is 3.18. The van der Waals surface area contributed by atoms with Gasteiger partial charge in [0.1, 0.15) is 0 Å². The minimum atomic E-state index is 0.400. The normalized spacial score (nSPS) is 11.5. The molecular formula is C17H19N3OS. The zero-order valence-corrected chi connectivity index (χ0v) is 13.6. The largest absolute Gasteiger partial charge is 0.338 e. The van der Waals surface area contributed by atoms with E-state index in [-0.39, 0.29) is 0 Å². The van der Waals surface area contributed by atoms with Gasteiger partial charge in [-0.05, 0) is 30.9 Å². The molecule has 0 N–H and O–H groups in total. The van der Waals surface area contributed by atoms with Gasteiger partial charge in [0.05, 0.1) is 11.4 Å². The highest BCUT2D eigenvalue weighted by atomic mass is 32.1. The van der Waals surface area contributed by atoms with Gasteiger partial charge in [0.15, 0.2) is 0 Å². The average molecular weight is 313 g/mol. The van der Waals surface area contributed by atoms with Gasteiger partial charge < -0.3 is 4.52 Å². The maximum Gasteiger partial charge on any atom is 0.241 e. The second-order valence-corrected chi connectivity index (χ2v) is 6.42. The molecule has 0 amide bonds. The molecular weight excluding hydrogens is 294 g/mol. The van der Waals surface area contributed by atoms with Gasteiger partial charge in [0, 0.05) is 12.6 Å². The molecule has 0 fully saturated rings. The zero-order chi connectivity index (χ0) is 15.4. The van der Waals surface area contributed by atoms with Crippen LogP contribution in [0.25, 0.3) is 10.7 Å². The van der Waals surface area contributed by atoms with Crippen LogP contribution in [-0.4, -0.2) is 21.1 Å². The van der Waals surface area contributed by atoms with Crippen LogP contribution in [-0.2, 0) is 13.1 Å². The number of thiophene rings is 1. The Morgan fingerprint density at radius 1 is 1.09 bits per heavy atom. The minimum Gasteiger partial charge on any atom is -0.338 e. The lowest BCUT2D eigenvalue weighted by molar-refractivity contribution is 0.176. The molecule has 2 heterocycles. The summed E-state index contributed by atoms with van der Waals surface area (Å²) in [6.07, 6.45) is 0. The Labute approximate surface area is 134 Å². The quantitative estimate of drug-likeness (QED) is 0.683. The fourth-order valence-electron chi connectivity index (χ4n) is 2.24. The van der Waals surface area contributed by atoms with Crippen molar-refractivity contribution in [2.75, 3.05) is 0 Å². The summed E-state index contributed by atoms with van der Waals surface area (Å²) in [5.74, 6) is 1.33. The van der Waals surface area contributed by atoms with Gasteiger partial charge in [-0.25, -0.2) is 0 Å². The van der Waals surface area contributed by atoms with Crippen LogP contribution in [0.15, 0.2) is 52.4 Å². The van der Waals surface area contributed by atoms with E-state index in [9.17, 15) is 0 Å². The topological polar surface area (TPSA) is 42.2 Å². The first kappa shape index (κ1) is 14.9. The summed E-state index contributed by atoms with van der Waals surface area (Å²) in [6.45, 7) is 5.89. The Morgan fingerprint density at radius 3 is 2.59 bits per heavy atom. The Morgan fingerprint density at radius 2 is 1.91 bits per heavy atom. The van der Waals surface area contributed by atoms with Crippen LogP contribution in [0.5, 0.6) is 0 Å². The van der Waals surface area contributed by atoms with Crippen LogP contribution >= 0.6 is 11.3 Å². The second kappa shape index (κ2) is 6.85. The van der Waals surface area contributed by atoms with Crippen LogP contribution in [0.1, 0.15) is 25.3 Å². The van der Waals surface area contributed by atoms with E-state index in [2.05, 4.69) is 53.2 Å². The van der Waals surface area contributed by atoms with Gasteiger partial charge in [-0.1, -0.05) is 41.6 Å². The Bertz CT molecular complexity index is 692. The first-order valence-corrected chi connectivity index (χ1v) is 8.25. The van der Waals surface area contributed by atoms with Crippen LogP contribution in [0.3, 0.4) is 0 Å². The van der Waals surface area contributed by atoms with E-state index in [0.29, 0.717) is 24.3 Å². The fraction of sp³-hybridized carbons (Fsp3) is 0.294. The number of benzene rings is 1. The molecule has 0 aliphatic carbocycles. The van der Waals surface area contributed by atoms with Crippen molar-refractivity contribution >= 4 is 11.3 Å². The van der Waals surface area contributed by atoms with E-state index in [4.69, 9.17) is 4.52 Å². The Kier molecular flexibility index (Phi) is 4.65. The lowest BCUT2D eigenvalue weighted by Crippen LogP contribution is -2.29. The summed E-state index contributed by atoms with van der Waals surface area (Å²) in [4.78, 5) is 7.86. The second-order valence-electron chi connectivity index (χ2n) is 5.47. The van der Waals surface area contributed by atoms with Crippen molar-refractivity contribution in [3.05, 3.63) is 59.3 Å². The first-order valence-electron chi connectivity index (χ1n) is 7.37. The van der Waals surface area contributed by atoms with Crippen molar-refractivity contribution in [2.24, 2.45) is 0 Å². The monoisotopic (exact) mass is 313 g/mol. The molecule has 4 nitrogen and oxygen atoms in total. The van der Waals surface area contributed by atoms with Crippen LogP contribution in [0.2, 0.25) is 0 Å². The molecule has 5 heteroatoms. The maximum absolute atomic E-state index is 5.41. The van der Waals surface area contributed by atoms with Gasteiger partial charge in [0.2, 0.25) is 11.7 Å². The molecule has 3 rings (SSSR count). The molecule has 3 aromatic rings. The Hall–Kier alpha value is -1.98. The highest BCUT2D eigenvalue weighted by Gasteiger charge is 2.16. The highest BCUT2D eigenvalue weighted by molar-refractivity contribution is 7.13. The summed E-state index contributed by atoms with van der Waals surface area (Å²) in [6, 6.07) is 14.8. The summed E-state index contributed by atoms with van der Waals surface area (Å²) in [5.41, 5.74) is 1.29. The Balaban J connectivity index is 1.71. The molecule has 22 heavy (non-hydrogen) atoms.